The lowest BCUT2D eigenvalue weighted by Crippen LogP contribution is -2.06. The molecule has 4 N–H and O–H groups in total. The van der Waals surface area contributed by atoms with Gasteiger partial charge >= 0.3 is 5.97 Å². The Labute approximate surface area is 108 Å². The molecule has 2 aromatic rings. The van der Waals surface area contributed by atoms with Crippen molar-refractivity contribution in [3.8, 4) is 0 Å². The molecule has 6 heteroatoms. The van der Waals surface area contributed by atoms with E-state index in [0.717, 1.165) is 0 Å². The van der Waals surface area contributed by atoms with Crippen molar-refractivity contribution in [3.05, 3.63) is 47.4 Å². The highest BCUT2D eigenvalue weighted by molar-refractivity contribution is 5.87. The van der Waals surface area contributed by atoms with E-state index in [-0.39, 0.29) is 23.0 Å². The van der Waals surface area contributed by atoms with E-state index in [4.69, 9.17) is 10.8 Å². The van der Waals surface area contributed by atoms with Crippen LogP contribution in [-0.4, -0.2) is 16.1 Å². The quantitative estimate of drug-likeness (QED) is 0.790. The number of nitrogens with two attached hydrogens (primary N) is 1. The number of nitrogen functional groups attached to an aromatic ring is 1. The van der Waals surface area contributed by atoms with Gasteiger partial charge in [0.15, 0.2) is 11.5 Å². The Bertz CT molecular complexity index is 644. The van der Waals surface area contributed by atoms with Crippen LogP contribution in [0.15, 0.2) is 30.3 Å². The Morgan fingerprint density at radius 1 is 1.37 bits per heavy atom. The number of benzene rings is 1. The number of aryl methyl sites for hydroxylation is 1. The average molecular weight is 261 g/mol. The lowest BCUT2D eigenvalue weighted by molar-refractivity contribution is 0.0690. The van der Waals surface area contributed by atoms with Crippen LogP contribution < -0.4 is 11.1 Å². The molecule has 1 aromatic carbocycles. The standard InChI is InChI=1S/C13H12FN3O2/c1-7-2-3-8(6-9(7)14)16-12-10(15)4-5-11(17-12)13(18)19/h2-6H,15H2,1H3,(H,16,17)(H,18,19). The molecule has 0 amide bonds. The number of rotatable bonds is 3. The Kier molecular flexibility index (Phi) is 3.33. The molecular formula is C13H12FN3O2. The number of aromatic nitrogens is 1. The molecule has 19 heavy (non-hydrogen) atoms. The van der Waals surface area contributed by atoms with E-state index in [1.54, 1.807) is 19.1 Å². The molecule has 0 atom stereocenters. The molecule has 0 aliphatic rings. The minimum Gasteiger partial charge on any atom is -0.477 e. The maximum absolute atomic E-state index is 13.4. The monoisotopic (exact) mass is 261 g/mol. The lowest BCUT2D eigenvalue weighted by Gasteiger charge is -2.09. The normalized spacial score (nSPS) is 10.2. The summed E-state index contributed by atoms with van der Waals surface area (Å²) in [5, 5.41) is 11.7. The first-order valence-electron chi connectivity index (χ1n) is 5.50. The van der Waals surface area contributed by atoms with Gasteiger partial charge in [-0.3, -0.25) is 0 Å². The van der Waals surface area contributed by atoms with E-state index in [1.807, 2.05) is 0 Å². The van der Waals surface area contributed by atoms with Crippen molar-refractivity contribution >= 4 is 23.2 Å². The highest BCUT2D eigenvalue weighted by Crippen LogP contribution is 2.22. The third-order valence-corrected chi connectivity index (χ3v) is 2.58. The largest absolute Gasteiger partial charge is 0.477 e. The van der Waals surface area contributed by atoms with Crippen LogP contribution in [0, 0.1) is 12.7 Å². The first-order valence-corrected chi connectivity index (χ1v) is 5.50. The topological polar surface area (TPSA) is 88.2 Å². The van der Waals surface area contributed by atoms with Gasteiger partial charge in [-0.15, -0.1) is 0 Å². The number of hydrogen-bond donors (Lipinski definition) is 3. The summed E-state index contributed by atoms with van der Waals surface area (Å²) in [5.41, 5.74) is 6.81. The minimum atomic E-state index is -1.15. The van der Waals surface area contributed by atoms with Gasteiger partial charge in [0.2, 0.25) is 0 Å². The van der Waals surface area contributed by atoms with Crippen LogP contribution in [0.3, 0.4) is 0 Å². The average Bonchev–Trinajstić information content (AvgIpc) is 2.36. The first kappa shape index (κ1) is 12.8. The summed E-state index contributed by atoms with van der Waals surface area (Å²) in [6, 6.07) is 7.30. The Morgan fingerprint density at radius 3 is 2.74 bits per heavy atom. The number of pyridine rings is 1. The second-order valence-electron chi connectivity index (χ2n) is 4.03. The van der Waals surface area contributed by atoms with Gasteiger partial charge in [0.25, 0.3) is 0 Å². The third kappa shape index (κ3) is 2.79. The second kappa shape index (κ2) is 4.93. The molecule has 98 valence electrons. The number of aromatic carboxylic acids is 1. The molecule has 0 radical (unpaired) electrons. The second-order valence-corrected chi connectivity index (χ2v) is 4.03. The number of carboxylic acids is 1. The van der Waals surface area contributed by atoms with E-state index in [9.17, 15) is 9.18 Å². The number of hydrogen-bond acceptors (Lipinski definition) is 4. The van der Waals surface area contributed by atoms with Crippen molar-refractivity contribution in [2.75, 3.05) is 11.1 Å². The number of nitrogens with zero attached hydrogens (tertiary/aromatic N) is 1. The van der Waals surface area contributed by atoms with E-state index in [0.29, 0.717) is 11.3 Å². The van der Waals surface area contributed by atoms with Gasteiger partial charge in [-0.25, -0.2) is 14.2 Å². The van der Waals surface area contributed by atoms with E-state index >= 15 is 0 Å². The van der Waals surface area contributed by atoms with Gasteiger partial charge in [0, 0.05) is 5.69 Å². The highest BCUT2D eigenvalue weighted by atomic mass is 19.1. The fraction of sp³-hybridized carbons (Fsp3) is 0.0769. The van der Waals surface area contributed by atoms with Crippen LogP contribution in [0.25, 0.3) is 0 Å². The number of halogens is 1. The van der Waals surface area contributed by atoms with Crippen molar-refractivity contribution < 1.29 is 14.3 Å². The van der Waals surface area contributed by atoms with Crippen LogP contribution in [0.2, 0.25) is 0 Å². The Hall–Kier alpha value is -2.63. The van der Waals surface area contributed by atoms with Crippen molar-refractivity contribution in [2.24, 2.45) is 0 Å². The van der Waals surface area contributed by atoms with Crippen LogP contribution in [0.5, 0.6) is 0 Å². The molecule has 1 aromatic heterocycles. The number of nitrogens with one attached hydrogen (secondary N) is 1. The van der Waals surface area contributed by atoms with Gasteiger partial charge in [0.1, 0.15) is 5.82 Å². The summed E-state index contributed by atoms with van der Waals surface area (Å²) in [4.78, 5) is 14.7. The van der Waals surface area contributed by atoms with Crippen molar-refractivity contribution in [1.82, 2.24) is 4.98 Å². The zero-order chi connectivity index (χ0) is 14.0. The number of anilines is 3. The predicted octanol–water partition coefficient (Wildman–Crippen LogP) is 2.55. The van der Waals surface area contributed by atoms with Gasteiger partial charge < -0.3 is 16.2 Å². The number of carbonyl (C=O) groups is 1. The lowest BCUT2D eigenvalue weighted by atomic mass is 10.2. The maximum Gasteiger partial charge on any atom is 0.354 e. The van der Waals surface area contributed by atoms with Gasteiger partial charge in [-0.1, -0.05) is 6.07 Å². The molecule has 0 unspecified atom stereocenters. The van der Waals surface area contributed by atoms with Gasteiger partial charge in [-0.2, -0.15) is 0 Å². The minimum absolute atomic E-state index is 0.135. The summed E-state index contributed by atoms with van der Waals surface area (Å²) in [6.45, 7) is 1.65. The molecule has 0 aliphatic carbocycles. The molecule has 1 heterocycles. The summed E-state index contributed by atoms with van der Waals surface area (Å²) in [7, 11) is 0. The zero-order valence-corrected chi connectivity index (χ0v) is 10.1. The molecule has 0 spiro atoms. The van der Waals surface area contributed by atoms with Gasteiger partial charge in [0.05, 0.1) is 5.69 Å². The van der Waals surface area contributed by atoms with Crippen molar-refractivity contribution in [1.29, 1.82) is 0 Å². The summed E-state index contributed by atoms with van der Waals surface area (Å²) >= 11 is 0. The van der Waals surface area contributed by atoms with Crippen LogP contribution in [-0.2, 0) is 0 Å². The van der Waals surface area contributed by atoms with Crippen LogP contribution in [0.1, 0.15) is 16.1 Å². The molecule has 5 nitrogen and oxygen atoms in total. The molecule has 0 bridgehead atoms. The maximum atomic E-state index is 13.4. The number of carboxylic acid groups (broad SMARTS) is 1. The van der Waals surface area contributed by atoms with Crippen molar-refractivity contribution in [3.63, 3.8) is 0 Å². The van der Waals surface area contributed by atoms with Crippen molar-refractivity contribution in [2.45, 2.75) is 6.92 Å². The van der Waals surface area contributed by atoms with Crippen LogP contribution in [0.4, 0.5) is 21.6 Å². The predicted molar refractivity (Wildman–Crippen MR) is 70.0 cm³/mol. The zero-order valence-electron chi connectivity index (χ0n) is 10.1. The Balaban J connectivity index is 2.34. The summed E-state index contributed by atoms with van der Waals surface area (Å²) < 4.78 is 13.4. The molecule has 0 saturated carbocycles. The Morgan fingerprint density at radius 2 is 2.11 bits per heavy atom. The summed E-state index contributed by atoms with van der Waals surface area (Å²) in [6.07, 6.45) is 0. The fourth-order valence-electron chi connectivity index (χ4n) is 1.50. The smallest absolute Gasteiger partial charge is 0.354 e. The highest BCUT2D eigenvalue weighted by Gasteiger charge is 2.09. The van der Waals surface area contributed by atoms with E-state index in [1.165, 1.54) is 18.2 Å². The molecule has 0 fully saturated rings. The first-order chi connectivity index (χ1) is 8.97. The fourth-order valence-corrected chi connectivity index (χ4v) is 1.50. The van der Waals surface area contributed by atoms with E-state index < -0.39 is 5.97 Å². The van der Waals surface area contributed by atoms with E-state index in [2.05, 4.69) is 10.3 Å². The molecule has 2 rings (SSSR count). The van der Waals surface area contributed by atoms with Gasteiger partial charge in [-0.05, 0) is 36.8 Å². The molecular weight excluding hydrogens is 249 g/mol. The SMILES string of the molecule is Cc1ccc(Nc2nc(C(=O)O)ccc2N)cc1F. The summed E-state index contributed by atoms with van der Waals surface area (Å²) in [5.74, 6) is -1.33. The van der Waals surface area contributed by atoms with Crippen LogP contribution >= 0.6 is 0 Å². The molecule has 0 aliphatic heterocycles. The third-order valence-electron chi connectivity index (χ3n) is 2.58. The molecule has 0 saturated heterocycles.